The van der Waals surface area contributed by atoms with Gasteiger partial charge in [0.25, 0.3) is 0 Å². The fourth-order valence-electron chi connectivity index (χ4n) is 2.42. The Morgan fingerprint density at radius 1 is 1.07 bits per heavy atom. The van der Waals surface area contributed by atoms with E-state index in [1.54, 1.807) is 29.2 Å². The summed E-state index contributed by atoms with van der Waals surface area (Å²) < 4.78 is 12.9. The lowest BCUT2D eigenvalue weighted by atomic mass is 10.2. The highest BCUT2D eigenvalue weighted by molar-refractivity contribution is 6.31. The molecule has 0 bridgehead atoms. The number of hydrogen-bond donors (Lipinski definition) is 2. The van der Waals surface area contributed by atoms with Gasteiger partial charge in [-0.3, -0.25) is 14.5 Å². The number of carbonyl (C=O) groups is 2. The monoisotopic (exact) mass is 391 g/mol. The molecule has 0 saturated carbocycles. The smallest absolute Gasteiger partial charge is 0.238 e. The zero-order valence-corrected chi connectivity index (χ0v) is 16.1. The zero-order valence-electron chi connectivity index (χ0n) is 15.4. The Balaban J connectivity index is 1.80. The lowest BCUT2D eigenvalue weighted by molar-refractivity contribution is -0.123. The summed E-state index contributed by atoms with van der Waals surface area (Å²) in [5.74, 6) is -0.737. The van der Waals surface area contributed by atoms with Crippen molar-refractivity contribution in [3.63, 3.8) is 0 Å². The summed E-state index contributed by atoms with van der Waals surface area (Å²) >= 11 is 6.06. The van der Waals surface area contributed by atoms with Crippen LogP contribution in [0.1, 0.15) is 18.1 Å². The van der Waals surface area contributed by atoms with Gasteiger partial charge in [0.2, 0.25) is 11.8 Å². The van der Waals surface area contributed by atoms with Crippen LogP contribution < -0.4 is 10.6 Å². The number of halogens is 2. The Morgan fingerprint density at radius 2 is 1.74 bits per heavy atom. The molecule has 0 unspecified atom stereocenters. The van der Waals surface area contributed by atoms with Gasteiger partial charge in [0, 0.05) is 17.3 Å². The molecule has 144 valence electrons. The number of nitrogens with zero attached hydrogens (tertiary/aromatic N) is 1. The summed E-state index contributed by atoms with van der Waals surface area (Å²) in [4.78, 5) is 26.0. The zero-order chi connectivity index (χ0) is 19.8. The number of aryl methyl sites for hydroxylation is 1. The summed E-state index contributed by atoms with van der Waals surface area (Å²) in [6.45, 7) is 4.81. The van der Waals surface area contributed by atoms with Crippen LogP contribution in [0.5, 0.6) is 0 Å². The Labute approximate surface area is 163 Å². The van der Waals surface area contributed by atoms with E-state index < -0.39 is 0 Å². The van der Waals surface area contributed by atoms with Crippen molar-refractivity contribution in [2.24, 2.45) is 0 Å². The van der Waals surface area contributed by atoms with E-state index >= 15 is 0 Å². The average molecular weight is 392 g/mol. The summed E-state index contributed by atoms with van der Waals surface area (Å²) in [6.07, 6.45) is 0. The fourth-order valence-corrected chi connectivity index (χ4v) is 2.60. The van der Waals surface area contributed by atoms with Crippen LogP contribution in [-0.4, -0.2) is 36.3 Å². The maximum Gasteiger partial charge on any atom is 0.238 e. The number of rotatable bonds is 8. The summed E-state index contributed by atoms with van der Waals surface area (Å²) in [7, 11) is 0. The number of likely N-dealkylation sites (N-methyl/N-ethyl adjacent to an activating group) is 1. The molecule has 27 heavy (non-hydrogen) atoms. The first kappa shape index (κ1) is 20.9. The molecule has 0 aliphatic carbocycles. The van der Waals surface area contributed by atoms with Crippen molar-refractivity contribution >= 4 is 29.1 Å². The quantitative estimate of drug-likeness (QED) is 0.725. The fraction of sp³-hybridized carbons (Fsp3) is 0.300. The van der Waals surface area contributed by atoms with Gasteiger partial charge >= 0.3 is 0 Å². The van der Waals surface area contributed by atoms with Gasteiger partial charge in [-0.2, -0.15) is 0 Å². The normalized spacial score (nSPS) is 10.7. The van der Waals surface area contributed by atoms with Gasteiger partial charge in [0.05, 0.1) is 13.1 Å². The molecule has 2 N–H and O–H groups in total. The van der Waals surface area contributed by atoms with Gasteiger partial charge in [-0.15, -0.1) is 0 Å². The van der Waals surface area contributed by atoms with Crippen LogP contribution in [0.4, 0.5) is 10.1 Å². The number of carbonyl (C=O) groups excluding carboxylic acids is 2. The van der Waals surface area contributed by atoms with Crippen LogP contribution in [0.15, 0.2) is 42.5 Å². The highest BCUT2D eigenvalue weighted by Gasteiger charge is 2.13. The van der Waals surface area contributed by atoms with Crippen LogP contribution in [0.3, 0.4) is 0 Å². The third-order valence-electron chi connectivity index (χ3n) is 4.04. The van der Waals surface area contributed by atoms with Gasteiger partial charge < -0.3 is 10.6 Å². The number of hydrogen-bond acceptors (Lipinski definition) is 3. The van der Waals surface area contributed by atoms with E-state index in [0.29, 0.717) is 23.8 Å². The van der Waals surface area contributed by atoms with Crippen molar-refractivity contribution in [1.82, 2.24) is 10.2 Å². The lowest BCUT2D eigenvalue weighted by Gasteiger charge is -2.19. The van der Waals surface area contributed by atoms with Crippen LogP contribution in [-0.2, 0) is 16.1 Å². The number of anilines is 1. The molecule has 0 aliphatic rings. The summed E-state index contributed by atoms with van der Waals surface area (Å²) in [6, 6.07) is 11.2. The number of amides is 2. The maximum absolute atomic E-state index is 12.9. The van der Waals surface area contributed by atoms with Gasteiger partial charge in [-0.1, -0.05) is 36.7 Å². The van der Waals surface area contributed by atoms with Gasteiger partial charge in [-0.05, 0) is 48.9 Å². The van der Waals surface area contributed by atoms with Crippen molar-refractivity contribution in [1.29, 1.82) is 0 Å². The largest absolute Gasteiger partial charge is 0.351 e. The molecule has 5 nitrogen and oxygen atoms in total. The third kappa shape index (κ3) is 7.00. The van der Waals surface area contributed by atoms with Crippen molar-refractivity contribution in [3.8, 4) is 0 Å². The molecular weight excluding hydrogens is 369 g/mol. The molecule has 0 fully saturated rings. The minimum absolute atomic E-state index is 0.0892. The Hall–Kier alpha value is -2.44. The van der Waals surface area contributed by atoms with E-state index in [2.05, 4.69) is 10.6 Å². The van der Waals surface area contributed by atoms with Crippen molar-refractivity contribution < 1.29 is 14.0 Å². The Morgan fingerprint density at radius 3 is 2.37 bits per heavy atom. The van der Waals surface area contributed by atoms with Crippen molar-refractivity contribution in [3.05, 3.63) is 64.4 Å². The first-order valence-corrected chi connectivity index (χ1v) is 9.04. The van der Waals surface area contributed by atoms with Gasteiger partial charge in [-0.25, -0.2) is 4.39 Å². The molecule has 0 spiro atoms. The molecule has 2 aromatic rings. The predicted octanol–water partition coefficient (Wildman–Crippen LogP) is 3.36. The molecule has 2 rings (SSSR count). The minimum atomic E-state index is -0.317. The Kier molecular flexibility index (Phi) is 7.76. The van der Waals surface area contributed by atoms with E-state index in [0.717, 1.165) is 11.1 Å². The Bertz CT molecular complexity index is 796. The van der Waals surface area contributed by atoms with E-state index in [9.17, 15) is 14.0 Å². The van der Waals surface area contributed by atoms with E-state index in [1.807, 2.05) is 19.9 Å². The molecule has 2 aromatic carbocycles. The molecule has 0 heterocycles. The number of benzene rings is 2. The predicted molar refractivity (Wildman–Crippen MR) is 105 cm³/mol. The molecule has 0 radical (unpaired) electrons. The topological polar surface area (TPSA) is 61.4 Å². The second-order valence-corrected chi connectivity index (χ2v) is 6.63. The third-order valence-corrected chi connectivity index (χ3v) is 4.45. The average Bonchev–Trinajstić information content (AvgIpc) is 2.63. The van der Waals surface area contributed by atoms with Crippen LogP contribution in [0.2, 0.25) is 5.02 Å². The molecule has 2 amide bonds. The molecule has 0 aliphatic heterocycles. The van der Waals surface area contributed by atoms with E-state index in [4.69, 9.17) is 11.6 Å². The van der Waals surface area contributed by atoms with Gasteiger partial charge in [0.15, 0.2) is 0 Å². The summed E-state index contributed by atoms with van der Waals surface area (Å²) in [5.41, 5.74) is 2.36. The maximum atomic E-state index is 12.9. The van der Waals surface area contributed by atoms with E-state index in [-0.39, 0.29) is 30.7 Å². The molecule has 0 saturated heterocycles. The summed E-state index contributed by atoms with van der Waals surface area (Å²) in [5, 5.41) is 6.13. The number of nitrogens with one attached hydrogen (secondary N) is 2. The van der Waals surface area contributed by atoms with E-state index in [1.165, 1.54) is 12.1 Å². The first-order chi connectivity index (χ1) is 12.9. The minimum Gasteiger partial charge on any atom is -0.351 e. The van der Waals surface area contributed by atoms with Crippen molar-refractivity contribution in [2.75, 3.05) is 25.0 Å². The first-order valence-electron chi connectivity index (χ1n) is 8.67. The molecule has 7 heteroatoms. The van der Waals surface area contributed by atoms with Crippen molar-refractivity contribution in [2.45, 2.75) is 20.4 Å². The molecule has 0 aromatic heterocycles. The van der Waals surface area contributed by atoms with Gasteiger partial charge in [0.1, 0.15) is 5.82 Å². The SMILES string of the molecule is CCN(CC(=O)NCc1ccc(F)cc1)CC(=O)Nc1ccc(C)c(Cl)c1. The highest BCUT2D eigenvalue weighted by Crippen LogP contribution is 2.19. The molecule has 0 atom stereocenters. The van der Waals surface area contributed by atoms with Crippen LogP contribution in [0, 0.1) is 12.7 Å². The van der Waals surface area contributed by atoms with Crippen LogP contribution >= 0.6 is 11.6 Å². The van der Waals surface area contributed by atoms with Crippen LogP contribution in [0.25, 0.3) is 0 Å². The molecular formula is C20H23ClFN3O2. The lowest BCUT2D eigenvalue weighted by Crippen LogP contribution is -2.40. The highest BCUT2D eigenvalue weighted by atomic mass is 35.5. The second-order valence-electron chi connectivity index (χ2n) is 6.22. The second kappa shape index (κ2) is 10.0. The standard InChI is InChI=1S/C20H23ClFN3O2/c1-3-25(12-19(26)23-11-15-5-7-16(22)8-6-15)13-20(27)24-17-9-4-14(2)18(21)10-17/h4-10H,3,11-13H2,1-2H3,(H,23,26)(H,24,27).